The van der Waals surface area contributed by atoms with Crippen LogP contribution in [0, 0.1) is 0 Å². The Morgan fingerprint density at radius 1 is 0.900 bits per heavy atom. The fraction of sp³-hybridized carbons (Fsp3) is 1.00. The summed E-state index contributed by atoms with van der Waals surface area (Å²) in [5.41, 5.74) is 0. The Morgan fingerprint density at radius 2 is 1.60 bits per heavy atom. The quantitative estimate of drug-likeness (QED) is 0.526. The Morgan fingerprint density at radius 3 is 2.40 bits per heavy atom. The molecular weight excluding hydrogens is 146 g/mol. The van der Waals surface area contributed by atoms with Gasteiger partial charge in [0.2, 0.25) is 0 Å². The molecule has 2 rings (SSSR count). The molecule has 2 heterocycles. The summed E-state index contributed by atoms with van der Waals surface area (Å²) in [6, 6.07) is 0.999. The standard InChI is InChI=1S/C8H15N.ClH/c1-2-6-9-7-3-5-8(9)4-1;/h8H,1-7H2;1H. The molecule has 1 unspecified atom stereocenters. The molecule has 0 radical (unpaired) electrons. The van der Waals surface area contributed by atoms with E-state index in [1.807, 2.05) is 0 Å². The third-order valence-corrected chi connectivity index (χ3v) is 2.73. The zero-order valence-corrected chi connectivity index (χ0v) is 7.20. The molecule has 0 aromatic heterocycles. The van der Waals surface area contributed by atoms with Crippen LogP contribution >= 0.6 is 12.4 Å². The summed E-state index contributed by atoms with van der Waals surface area (Å²) in [6.07, 6.45) is 7.38. The SMILES string of the molecule is C1CCN2CCCC2C1.Cl. The van der Waals surface area contributed by atoms with Crippen molar-refractivity contribution in [2.24, 2.45) is 0 Å². The average Bonchev–Trinajstić information content (AvgIpc) is 2.33. The first-order chi connectivity index (χ1) is 4.47. The molecule has 10 heavy (non-hydrogen) atoms. The second kappa shape index (κ2) is 3.59. The number of hydrogen-bond acceptors (Lipinski definition) is 1. The Labute approximate surface area is 69.2 Å². The van der Waals surface area contributed by atoms with Crippen molar-refractivity contribution in [3.05, 3.63) is 0 Å². The second-order valence-electron chi connectivity index (χ2n) is 3.33. The molecule has 0 amide bonds. The van der Waals surface area contributed by atoms with Crippen molar-refractivity contribution in [2.45, 2.75) is 38.1 Å². The summed E-state index contributed by atoms with van der Waals surface area (Å²) in [7, 11) is 0. The van der Waals surface area contributed by atoms with E-state index in [0.29, 0.717) is 0 Å². The van der Waals surface area contributed by atoms with Crippen molar-refractivity contribution in [2.75, 3.05) is 13.1 Å². The molecule has 0 spiro atoms. The van der Waals surface area contributed by atoms with Gasteiger partial charge in [0.15, 0.2) is 0 Å². The lowest BCUT2D eigenvalue weighted by Gasteiger charge is -2.28. The van der Waals surface area contributed by atoms with Crippen LogP contribution in [0.15, 0.2) is 0 Å². The number of piperidine rings is 1. The van der Waals surface area contributed by atoms with Gasteiger partial charge in [-0.15, -0.1) is 12.4 Å². The molecule has 2 aliphatic rings. The summed E-state index contributed by atoms with van der Waals surface area (Å²) in [4.78, 5) is 2.67. The molecule has 1 nitrogen and oxygen atoms in total. The van der Waals surface area contributed by atoms with E-state index in [9.17, 15) is 0 Å². The predicted octanol–water partition coefficient (Wildman–Crippen LogP) is 2.06. The van der Waals surface area contributed by atoms with Gasteiger partial charge in [0.25, 0.3) is 0 Å². The van der Waals surface area contributed by atoms with Crippen molar-refractivity contribution in [3.8, 4) is 0 Å². The van der Waals surface area contributed by atoms with Gasteiger partial charge in [0.1, 0.15) is 0 Å². The molecular formula is C8H16ClN. The first-order valence-electron chi connectivity index (χ1n) is 4.21. The molecule has 2 fully saturated rings. The van der Waals surface area contributed by atoms with Gasteiger partial charge in [-0.3, -0.25) is 0 Å². The van der Waals surface area contributed by atoms with Gasteiger partial charge in [-0.25, -0.2) is 0 Å². The number of rotatable bonds is 0. The minimum absolute atomic E-state index is 0. The Kier molecular flexibility index (Phi) is 2.99. The molecule has 0 aromatic carbocycles. The van der Waals surface area contributed by atoms with E-state index in [-0.39, 0.29) is 12.4 Å². The van der Waals surface area contributed by atoms with Crippen molar-refractivity contribution >= 4 is 12.4 Å². The summed E-state index contributed by atoms with van der Waals surface area (Å²) >= 11 is 0. The highest BCUT2D eigenvalue weighted by Gasteiger charge is 2.25. The van der Waals surface area contributed by atoms with Crippen LogP contribution in [0.2, 0.25) is 0 Å². The second-order valence-corrected chi connectivity index (χ2v) is 3.33. The number of hydrogen-bond donors (Lipinski definition) is 0. The molecule has 2 saturated heterocycles. The van der Waals surface area contributed by atoms with Crippen LogP contribution < -0.4 is 0 Å². The number of fused-ring (bicyclic) bond motifs is 1. The molecule has 0 saturated carbocycles. The highest BCUT2D eigenvalue weighted by molar-refractivity contribution is 5.85. The summed E-state index contributed by atoms with van der Waals surface area (Å²) in [6.45, 7) is 2.79. The third kappa shape index (κ3) is 1.46. The lowest BCUT2D eigenvalue weighted by molar-refractivity contribution is 0.198. The maximum absolute atomic E-state index is 2.67. The minimum Gasteiger partial charge on any atom is -0.300 e. The lowest BCUT2D eigenvalue weighted by atomic mass is 10.0. The first-order valence-corrected chi connectivity index (χ1v) is 4.21. The predicted molar refractivity (Wildman–Crippen MR) is 45.7 cm³/mol. The van der Waals surface area contributed by atoms with Crippen LogP contribution in [-0.4, -0.2) is 24.0 Å². The Balaban J connectivity index is 0.000000500. The van der Waals surface area contributed by atoms with Gasteiger partial charge in [0, 0.05) is 6.04 Å². The van der Waals surface area contributed by atoms with E-state index in [1.165, 1.54) is 45.2 Å². The van der Waals surface area contributed by atoms with Crippen molar-refractivity contribution < 1.29 is 0 Å². The van der Waals surface area contributed by atoms with Crippen molar-refractivity contribution in [1.82, 2.24) is 4.90 Å². The van der Waals surface area contributed by atoms with Gasteiger partial charge in [0.05, 0.1) is 0 Å². The van der Waals surface area contributed by atoms with Crippen molar-refractivity contribution in [1.29, 1.82) is 0 Å². The molecule has 60 valence electrons. The summed E-state index contributed by atoms with van der Waals surface area (Å²) in [5.74, 6) is 0. The lowest BCUT2D eigenvalue weighted by Crippen LogP contribution is -2.33. The largest absolute Gasteiger partial charge is 0.300 e. The van der Waals surface area contributed by atoms with E-state index in [2.05, 4.69) is 4.90 Å². The summed E-state index contributed by atoms with van der Waals surface area (Å²) < 4.78 is 0. The average molecular weight is 162 g/mol. The van der Waals surface area contributed by atoms with E-state index in [4.69, 9.17) is 0 Å². The molecule has 0 aliphatic carbocycles. The van der Waals surface area contributed by atoms with Crippen molar-refractivity contribution in [3.63, 3.8) is 0 Å². The first kappa shape index (κ1) is 8.35. The van der Waals surface area contributed by atoms with E-state index in [0.717, 1.165) is 6.04 Å². The zero-order chi connectivity index (χ0) is 6.10. The number of halogens is 1. The van der Waals surface area contributed by atoms with Gasteiger partial charge in [-0.2, -0.15) is 0 Å². The Hall–Kier alpha value is 0.250. The highest BCUT2D eigenvalue weighted by atomic mass is 35.5. The highest BCUT2D eigenvalue weighted by Crippen LogP contribution is 2.25. The fourth-order valence-electron chi connectivity index (χ4n) is 2.21. The van der Waals surface area contributed by atoms with E-state index < -0.39 is 0 Å². The topological polar surface area (TPSA) is 3.24 Å². The van der Waals surface area contributed by atoms with Gasteiger partial charge in [-0.05, 0) is 38.8 Å². The molecule has 0 aromatic rings. The van der Waals surface area contributed by atoms with Gasteiger partial charge in [-0.1, -0.05) is 6.42 Å². The molecule has 1 atom stereocenters. The van der Waals surface area contributed by atoms with Gasteiger partial charge < -0.3 is 4.90 Å². The van der Waals surface area contributed by atoms with Crippen LogP contribution in [0.1, 0.15) is 32.1 Å². The Bertz CT molecular complexity index is 93.4. The number of nitrogens with zero attached hydrogens (tertiary/aromatic N) is 1. The fourth-order valence-corrected chi connectivity index (χ4v) is 2.21. The van der Waals surface area contributed by atoms with Crippen LogP contribution in [0.4, 0.5) is 0 Å². The monoisotopic (exact) mass is 161 g/mol. The smallest absolute Gasteiger partial charge is 0.00957 e. The molecule has 2 aliphatic heterocycles. The van der Waals surface area contributed by atoms with Crippen LogP contribution in [0.25, 0.3) is 0 Å². The third-order valence-electron chi connectivity index (χ3n) is 2.73. The maximum Gasteiger partial charge on any atom is 0.00957 e. The zero-order valence-electron chi connectivity index (χ0n) is 6.38. The molecule has 0 bridgehead atoms. The van der Waals surface area contributed by atoms with Gasteiger partial charge >= 0.3 is 0 Å². The van der Waals surface area contributed by atoms with E-state index in [1.54, 1.807) is 0 Å². The van der Waals surface area contributed by atoms with E-state index >= 15 is 0 Å². The molecule has 2 heteroatoms. The molecule has 0 N–H and O–H groups in total. The maximum atomic E-state index is 2.67. The van der Waals surface area contributed by atoms with Crippen LogP contribution in [0.3, 0.4) is 0 Å². The minimum atomic E-state index is 0. The summed E-state index contributed by atoms with van der Waals surface area (Å²) in [5, 5.41) is 0. The van der Waals surface area contributed by atoms with Crippen LogP contribution in [0.5, 0.6) is 0 Å². The normalized spacial score (nSPS) is 33.0. The van der Waals surface area contributed by atoms with Crippen LogP contribution in [-0.2, 0) is 0 Å².